The molecule has 1 unspecified atom stereocenters. The van der Waals surface area contributed by atoms with Crippen molar-refractivity contribution in [3.8, 4) is 0 Å². The molecular formula is C15H22N2O3S. The Hall–Kier alpha value is -0.950. The number of fused-ring (bicyclic) bond motifs is 1. The van der Waals surface area contributed by atoms with Gasteiger partial charge in [-0.2, -0.15) is 4.31 Å². The minimum absolute atomic E-state index is 0.0214. The van der Waals surface area contributed by atoms with Gasteiger partial charge in [-0.15, -0.1) is 0 Å². The van der Waals surface area contributed by atoms with Crippen molar-refractivity contribution in [3.05, 3.63) is 35.4 Å². The van der Waals surface area contributed by atoms with Crippen molar-refractivity contribution < 1.29 is 13.5 Å². The number of hydrogen-bond donors (Lipinski definition) is 1. The van der Waals surface area contributed by atoms with Gasteiger partial charge in [0, 0.05) is 25.7 Å². The fourth-order valence-electron chi connectivity index (χ4n) is 3.33. The van der Waals surface area contributed by atoms with Gasteiger partial charge in [0.1, 0.15) is 0 Å². The maximum atomic E-state index is 12.6. The monoisotopic (exact) mass is 310 g/mol. The molecule has 116 valence electrons. The predicted molar refractivity (Wildman–Crippen MR) is 81.2 cm³/mol. The van der Waals surface area contributed by atoms with E-state index in [0.717, 1.165) is 30.6 Å². The molecule has 0 aromatic heterocycles. The standard InChI is InChI=1S/C15H22N2O3S/c18-11-13-3-1-4-14(9-13)12-21(19,20)17-8-7-16-6-2-5-15(16)10-17/h1,3-4,9,15,18H,2,5-8,10-12H2. The Balaban J connectivity index is 1.71. The summed E-state index contributed by atoms with van der Waals surface area (Å²) in [4.78, 5) is 2.40. The second-order valence-electron chi connectivity index (χ2n) is 5.92. The Morgan fingerprint density at radius 3 is 2.81 bits per heavy atom. The van der Waals surface area contributed by atoms with Gasteiger partial charge in [-0.1, -0.05) is 24.3 Å². The van der Waals surface area contributed by atoms with Crippen molar-refractivity contribution in [1.29, 1.82) is 0 Å². The Labute approximate surface area is 126 Å². The van der Waals surface area contributed by atoms with Crippen LogP contribution in [0.3, 0.4) is 0 Å². The molecule has 2 heterocycles. The second-order valence-corrected chi connectivity index (χ2v) is 7.89. The summed E-state index contributed by atoms with van der Waals surface area (Å²) in [5, 5.41) is 9.15. The van der Waals surface area contributed by atoms with E-state index in [0.29, 0.717) is 19.1 Å². The normalized spacial score (nSPS) is 24.1. The number of aliphatic hydroxyl groups is 1. The Morgan fingerprint density at radius 1 is 1.19 bits per heavy atom. The van der Waals surface area contributed by atoms with E-state index in [9.17, 15) is 8.42 Å². The molecule has 3 rings (SSSR count). The third-order valence-electron chi connectivity index (χ3n) is 4.47. The molecule has 1 aromatic rings. The molecule has 1 N–H and O–H groups in total. The first kappa shape index (κ1) is 15.0. The van der Waals surface area contributed by atoms with E-state index in [-0.39, 0.29) is 12.4 Å². The summed E-state index contributed by atoms with van der Waals surface area (Å²) in [6.45, 7) is 3.12. The average molecular weight is 310 g/mol. The predicted octanol–water partition coefficient (Wildman–Crippen LogP) is 0.789. The van der Waals surface area contributed by atoms with E-state index in [1.165, 1.54) is 6.42 Å². The maximum Gasteiger partial charge on any atom is 0.218 e. The zero-order valence-electron chi connectivity index (χ0n) is 12.1. The van der Waals surface area contributed by atoms with Gasteiger partial charge in [0.05, 0.1) is 12.4 Å². The Kier molecular flexibility index (Phi) is 4.31. The quantitative estimate of drug-likeness (QED) is 0.893. The first-order valence-corrected chi connectivity index (χ1v) is 9.10. The van der Waals surface area contributed by atoms with E-state index in [1.807, 2.05) is 6.07 Å². The van der Waals surface area contributed by atoms with Gasteiger partial charge in [0.2, 0.25) is 10.0 Å². The minimum atomic E-state index is -3.27. The fourth-order valence-corrected chi connectivity index (χ4v) is 4.88. The van der Waals surface area contributed by atoms with Crippen molar-refractivity contribution >= 4 is 10.0 Å². The minimum Gasteiger partial charge on any atom is -0.392 e. The van der Waals surface area contributed by atoms with Crippen LogP contribution in [0, 0.1) is 0 Å². The van der Waals surface area contributed by atoms with Crippen molar-refractivity contribution in [1.82, 2.24) is 9.21 Å². The summed E-state index contributed by atoms with van der Waals surface area (Å²) in [5.74, 6) is 0.0214. The highest BCUT2D eigenvalue weighted by molar-refractivity contribution is 7.88. The van der Waals surface area contributed by atoms with Crippen LogP contribution in [-0.4, -0.2) is 55.0 Å². The van der Waals surface area contributed by atoms with Crippen LogP contribution in [0.4, 0.5) is 0 Å². The van der Waals surface area contributed by atoms with E-state index < -0.39 is 10.0 Å². The highest BCUT2D eigenvalue weighted by Gasteiger charge is 2.35. The summed E-state index contributed by atoms with van der Waals surface area (Å²) >= 11 is 0. The largest absolute Gasteiger partial charge is 0.392 e. The van der Waals surface area contributed by atoms with Gasteiger partial charge in [-0.25, -0.2) is 8.42 Å². The highest BCUT2D eigenvalue weighted by Crippen LogP contribution is 2.24. The van der Waals surface area contributed by atoms with Crippen molar-refractivity contribution in [2.45, 2.75) is 31.2 Å². The number of rotatable bonds is 4. The molecule has 0 radical (unpaired) electrons. The number of aliphatic hydroxyl groups excluding tert-OH is 1. The van der Waals surface area contributed by atoms with Crippen LogP contribution in [0.1, 0.15) is 24.0 Å². The Morgan fingerprint density at radius 2 is 2.00 bits per heavy atom. The molecule has 0 bridgehead atoms. The smallest absolute Gasteiger partial charge is 0.218 e. The third kappa shape index (κ3) is 3.29. The number of sulfonamides is 1. The van der Waals surface area contributed by atoms with Crippen LogP contribution in [0.2, 0.25) is 0 Å². The van der Waals surface area contributed by atoms with Crippen LogP contribution < -0.4 is 0 Å². The third-order valence-corrected chi connectivity index (χ3v) is 6.28. The van der Waals surface area contributed by atoms with E-state index in [1.54, 1.807) is 22.5 Å². The SMILES string of the molecule is O=S(=O)(Cc1cccc(CO)c1)N1CCN2CCCC2C1. The molecule has 2 aliphatic heterocycles. The molecule has 2 saturated heterocycles. The summed E-state index contributed by atoms with van der Waals surface area (Å²) < 4.78 is 26.8. The number of piperazine rings is 1. The first-order chi connectivity index (χ1) is 10.1. The number of nitrogens with zero attached hydrogens (tertiary/aromatic N) is 2. The van der Waals surface area contributed by atoms with Crippen LogP contribution in [0.5, 0.6) is 0 Å². The summed E-state index contributed by atoms with van der Waals surface area (Å²) in [5.41, 5.74) is 1.50. The topological polar surface area (TPSA) is 60.9 Å². The molecule has 21 heavy (non-hydrogen) atoms. The highest BCUT2D eigenvalue weighted by atomic mass is 32.2. The lowest BCUT2D eigenvalue weighted by molar-refractivity contribution is 0.158. The van der Waals surface area contributed by atoms with Gasteiger partial charge in [-0.05, 0) is 30.5 Å². The lowest BCUT2D eigenvalue weighted by Gasteiger charge is -2.36. The summed E-state index contributed by atoms with van der Waals surface area (Å²) in [7, 11) is -3.27. The molecule has 2 aliphatic rings. The molecule has 0 aliphatic carbocycles. The zero-order chi connectivity index (χ0) is 14.9. The second kappa shape index (κ2) is 6.04. The molecular weight excluding hydrogens is 288 g/mol. The van der Waals surface area contributed by atoms with Crippen LogP contribution >= 0.6 is 0 Å². The van der Waals surface area contributed by atoms with E-state index in [4.69, 9.17) is 5.11 Å². The van der Waals surface area contributed by atoms with Gasteiger partial charge < -0.3 is 5.11 Å². The molecule has 6 heteroatoms. The lowest BCUT2D eigenvalue weighted by atomic mass is 10.1. The number of benzene rings is 1. The Bertz CT molecular complexity index is 603. The van der Waals surface area contributed by atoms with Crippen LogP contribution in [0.15, 0.2) is 24.3 Å². The van der Waals surface area contributed by atoms with Gasteiger partial charge in [0.15, 0.2) is 0 Å². The van der Waals surface area contributed by atoms with Gasteiger partial charge >= 0.3 is 0 Å². The molecule has 1 aromatic carbocycles. The lowest BCUT2D eigenvalue weighted by Crippen LogP contribution is -2.52. The van der Waals surface area contributed by atoms with Gasteiger partial charge in [-0.3, -0.25) is 4.90 Å². The zero-order valence-corrected chi connectivity index (χ0v) is 12.9. The molecule has 0 amide bonds. The molecule has 5 nitrogen and oxygen atoms in total. The van der Waals surface area contributed by atoms with Crippen LogP contribution in [-0.2, 0) is 22.4 Å². The van der Waals surface area contributed by atoms with Crippen molar-refractivity contribution in [2.75, 3.05) is 26.2 Å². The summed E-state index contributed by atoms with van der Waals surface area (Å²) in [6.07, 6.45) is 2.28. The van der Waals surface area contributed by atoms with Crippen LogP contribution in [0.25, 0.3) is 0 Å². The maximum absolute atomic E-state index is 12.6. The van der Waals surface area contributed by atoms with Crippen molar-refractivity contribution in [2.24, 2.45) is 0 Å². The fraction of sp³-hybridized carbons (Fsp3) is 0.600. The molecule has 2 fully saturated rings. The molecule has 0 spiro atoms. The molecule has 0 saturated carbocycles. The first-order valence-electron chi connectivity index (χ1n) is 7.49. The number of hydrogen-bond acceptors (Lipinski definition) is 4. The van der Waals surface area contributed by atoms with Crippen molar-refractivity contribution in [3.63, 3.8) is 0 Å². The summed E-state index contributed by atoms with van der Waals surface area (Å²) in [6, 6.07) is 7.57. The average Bonchev–Trinajstić information content (AvgIpc) is 2.94. The van der Waals surface area contributed by atoms with E-state index >= 15 is 0 Å². The van der Waals surface area contributed by atoms with Gasteiger partial charge in [0.25, 0.3) is 0 Å². The molecule has 1 atom stereocenters. The van der Waals surface area contributed by atoms with E-state index in [2.05, 4.69) is 4.90 Å².